The van der Waals surface area contributed by atoms with Crippen molar-refractivity contribution in [2.45, 2.75) is 16.9 Å². The number of nitrogens with two attached hydrogens (primary N) is 1. The van der Waals surface area contributed by atoms with Crippen molar-refractivity contribution < 1.29 is 23.0 Å². The van der Waals surface area contributed by atoms with Gasteiger partial charge in [-0.15, -0.1) is 0 Å². The lowest BCUT2D eigenvalue weighted by molar-refractivity contribution is 0.0314. The number of aliphatic hydroxyl groups is 1. The van der Waals surface area contributed by atoms with E-state index in [2.05, 4.69) is 20.7 Å². The first-order chi connectivity index (χ1) is 9.77. The average molecular weight is 381 g/mol. The number of anilines is 1. The highest BCUT2D eigenvalue weighted by molar-refractivity contribution is 9.10. The second kappa shape index (κ2) is 6.09. The van der Waals surface area contributed by atoms with E-state index in [4.69, 9.17) is 15.2 Å². The second-order valence-corrected chi connectivity index (χ2v) is 7.47. The summed E-state index contributed by atoms with van der Waals surface area (Å²) in [5, 5.41) is 10.1. The molecular weight excluding hydrogens is 364 g/mol. The summed E-state index contributed by atoms with van der Waals surface area (Å²) in [6, 6.07) is 2.79. The van der Waals surface area contributed by atoms with Crippen molar-refractivity contribution in [3.63, 3.8) is 0 Å². The zero-order valence-corrected chi connectivity index (χ0v) is 13.8. The molecule has 1 aromatic rings. The Balaban J connectivity index is 2.25. The van der Waals surface area contributed by atoms with Crippen molar-refractivity contribution >= 4 is 31.6 Å². The minimum atomic E-state index is -3.86. The molecule has 0 bridgehead atoms. The first kappa shape index (κ1) is 16.5. The van der Waals surface area contributed by atoms with Crippen LogP contribution in [0.5, 0.6) is 5.75 Å². The van der Waals surface area contributed by atoms with Crippen LogP contribution in [0.25, 0.3) is 0 Å². The summed E-state index contributed by atoms with van der Waals surface area (Å²) in [6.07, 6.45) is 0.384. The molecule has 1 fully saturated rings. The zero-order chi connectivity index (χ0) is 15.7. The van der Waals surface area contributed by atoms with E-state index in [1.54, 1.807) is 0 Å². The van der Waals surface area contributed by atoms with Gasteiger partial charge in [-0.05, 0) is 28.1 Å². The molecule has 1 aliphatic rings. The topological polar surface area (TPSA) is 111 Å². The molecule has 4 N–H and O–H groups in total. The molecule has 1 aromatic carbocycles. The third-order valence-electron chi connectivity index (χ3n) is 3.25. The number of hydrogen-bond donors (Lipinski definition) is 3. The largest absolute Gasteiger partial charge is 0.495 e. The standard InChI is InChI=1S/C12H17BrN2O5S/c1-19-10-4-8(13)9(14)5-11(10)21(17,18)15-6-12(16)2-3-20-7-12/h4-5,15-16H,2-3,6-7,14H2,1H3. The van der Waals surface area contributed by atoms with E-state index in [-0.39, 0.29) is 29.5 Å². The fourth-order valence-corrected chi connectivity index (χ4v) is 3.59. The molecule has 0 spiro atoms. The van der Waals surface area contributed by atoms with E-state index >= 15 is 0 Å². The van der Waals surface area contributed by atoms with Crippen LogP contribution in [0.2, 0.25) is 0 Å². The van der Waals surface area contributed by atoms with Gasteiger partial charge in [-0.2, -0.15) is 0 Å². The smallest absolute Gasteiger partial charge is 0.244 e. The maximum absolute atomic E-state index is 12.4. The maximum Gasteiger partial charge on any atom is 0.244 e. The Morgan fingerprint density at radius 3 is 2.86 bits per heavy atom. The Labute approximate surface area is 131 Å². The number of ether oxygens (including phenoxy) is 2. The molecule has 1 atom stereocenters. The Morgan fingerprint density at radius 1 is 1.57 bits per heavy atom. The summed E-state index contributed by atoms with van der Waals surface area (Å²) in [5.41, 5.74) is 4.82. The van der Waals surface area contributed by atoms with E-state index in [0.717, 1.165) is 0 Å². The van der Waals surface area contributed by atoms with Crippen LogP contribution in [0.3, 0.4) is 0 Å². The lowest BCUT2D eigenvalue weighted by atomic mass is 10.1. The Hall–Kier alpha value is -0.870. The van der Waals surface area contributed by atoms with Crippen molar-refractivity contribution in [2.75, 3.05) is 32.6 Å². The summed E-state index contributed by atoms with van der Waals surface area (Å²) >= 11 is 3.21. The molecule has 118 valence electrons. The third kappa shape index (κ3) is 3.67. The average Bonchev–Trinajstić information content (AvgIpc) is 2.87. The van der Waals surface area contributed by atoms with E-state index in [0.29, 0.717) is 17.5 Å². The quantitative estimate of drug-likeness (QED) is 0.640. The van der Waals surface area contributed by atoms with Gasteiger partial charge in [0.1, 0.15) is 16.2 Å². The molecule has 0 aliphatic carbocycles. The van der Waals surface area contributed by atoms with Crippen molar-refractivity contribution in [2.24, 2.45) is 0 Å². The number of nitrogen functional groups attached to an aromatic ring is 1. The maximum atomic E-state index is 12.4. The van der Waals surface area contributed by atoms with Crippen LogP contribution in [0.1, 0.15) is 6.42 Å². The van der Waals surface area contributed by atoms with Crippen LogP contribution in [0.15, 0.2) is 21.5 Å². The minimum absolute atomic E-state index is 0.0757. The van der Waals surface area contributed by atoms with Gasteiger partial charge in [0.25, 0.3) is 0 Å². The molecule has 7 nitrogen and oxygen atoms in total. The first-order valence-corrected chi connectivity index (χ1v) is 8.48. The molecular formula is C12H17BrN2O5S. The van der Waals surface area contributed by atoms with E-state index in [9.17, 15) is 13.5 Å². The van der Waals surface area contributed by atoms with Gasteiger partial charge in [-0.1, -0.05) is 0 Å². The van der Waals surface area contributed by atoms with Crippen LogP contribution >= 0.6 is 15.9 Å². The highest BCUT2D eigenvalue weighted by Gasteiger charge is 2.34. The van der Waals surface area contributed by atoms with Crippen LogP contribution < -0.4 is 15.2 Å². The Kier molecular flexibility index (Phi) is 4.79. The lowest BCUT2D eigenvalue weighted by Crippen LogP contribution is -2.43. The van der Waals surface area contributed by atoms with Gasteiger partial charge in [0, 0.05) is 29.7 Å². The number of methoxy groups -OCH3 is 1. The van der Waals surface area contributed by atoms with Crippen molar-refractivity contribution in [3.05, 3.63) is 16.6 Å². The van der Waals surface area contributed by atoms with Gasteiger partial charge >= 0.3 is 0 Å². The van der Waals surface area contributed by atoms with Crippen LogP contribution in [0.4, 0.5) is 5.69 Å². The number of benzene rings is 1. The zero-order valence-electron chi connectivity index (χ0n) is 11.4. The molecule has 1 heterocycles. The molecule has 0 amide bonds. The monoisotopic (exact) mass is 380 g/mol. The number of hydrogen-bond acceptors (Lipinski definition) is 6. The van der Waals surface area contributed by atoms with E-state index in [1.807, 2.05) is 0 Å². The molecule has 1 saturated heterocycles. The van der Waals surface area contributed by atoms with Crippen LogP contribution in [-0.2, 0) is 14.8 Å². The van der Waals surface area contributed by atoms with Crippen molar-refractivity contribution in [3.8, 4) is 5.75 Å². The molecule has 2 rings (SSSR count). The molecule has 9 heteroatoms. The fourth-order valence-electron chi connectivity index (χ4n) is 1.96. The molecule has 21 heavy (non-hydrogen) atoms. The molecule has 1 aliphatic heterocycles. The number of rotatable bonds is 5. The van der Waals surface area contributed by atoms with Crippen LogP contribution in [0, 0.1) is 0 Å². The van der Waals surface area contributed by atoms with E-state index < -0.39 is 15.6 Å². The lowest BCUT2D eigenvalue weighted by Gasteiger charge is -2.21. The summed E-state index contributed by atoms with van der Waals surface area (Å²) in [6.45, 7) is 0.385. The molecule has 1 unspecified atom stereocenters. The van der Waals surface area contributed by atoms with Crippen molar-refractivity contribution in [1.29, 1.82) is 0 Å². The minimum Gasteiger partial charge on any atom is -0.495 e. The number of sulfonamides is 1. The summed E-state index contributed by atoms with van der Waals surface area (Å²) < 4.78 is 37.8. The fraction of sp³-hybridized carbons (Fsp3) is 0.500. The normalized spacial score (nSPS) is 22.4. The summed E-state index contributed by atoms with van der Waals surface area (Å²) in [5.74, 6) is 0.165. The Morgan fingerprint density at radius 2 is 2.29 bits per heavy atom. The summed E-state index contributed by atoms with van der Waals surface area (Å²) in [7, 11) is -2.49. The van der Waals surface area contributed by atoms with Gasteiger partial charge in [0.15, 0.2) is 0 Å². The predicted molar refractivity (Wildman–Crippen MR) is 80.7 cm³/mol. The van der Waals surface area contributed by atoms with Gasteiger partial charge in [0.2, 0.25) is 10.0 Å². The summed E-state index contributed by atoms with van der Waals surface area (Å²) in [4.78, 5) is -0.0757. The van der Waals surface area contributed by atoms with Gasteiger partial charge in [-0.3, -0.25) is 0 Å². The predicted octanol–water partition coefficient (Wildman–Crippen LogP) is 0.470. The van der Waals surface area contributed by atoms with E-state index in [1.165, 1.54) is 19.2 Å². The SMILES string of the molecule is COc1cc(Br)c(N)cc1S(=O)(=O)NCC1(O)CCOC1. The number of halogens is 1. The van der Waals surface area contributed by atoms with Crippen molar-refractivity contribution in [1.82, 2.24) is 4.72 Å². The molecule has 0 aromatic heterocycles. The second-order valence-electron chi connectivity index (χ2n) is 4.88. The molecule has 0 saturated carbocycles. The number of nitrogens with one attached hydrogen (secondary N) is 1. The van der Waals surface area contributed by atoms with Gasteiger partial charge in [-0.25, -0.2) is 13.1 Å². The van der Waals surface area contributed by atoms with Crippen LogP contribution in [-0.4, -0.2) is 46.0 Å². The van der Waals surface area contributed by atoms with Gasteiger partial charge in [0.05, 0.1) is 13.7 Å². The first-order valence-electron chi connectivity index (χ1n) is 6.20. The molecule has 0 radical (unpaired) electrons. The Bertz CT molecular complexity index is 629. The third-order valence-corrected chi connectivity index (χ3v) is 5.36. The van der Waals surface area contributed by atoms with Gasteiger partial charge < -0.3 is 20.3 Å². The highest BCUT2D eigenvalue weighted by Crippen LogP contribution is 2.32. The highest BCUT2D eigenvalue weighted by atomic mass is 79.9.